The van der Waals surface area contributed by atoms with Gasteiger partial charge < -0.3 is 4.74 Å². The number of ether oxygens (including phenoxy) is 1. The molecule has 0 radical (unpaired) electrons. The summed E-state index contributed by atoms with van der Waals surface area (Å²) in [5.74, 6) is -1.76. The quantitative estimate of drug-likeness (QED) is 0.684. The van der Waals surface area contributed by atoms with Gasteiger partial charge in [-0.2, -0.15) is 0 Å². The van der Waals surface area contributed by atoms with E-state index in [9.17, 15) is 22.0 Å². The molecule has 1 aromatic rings. The van der Waals surface area contributed by atoms with Gasteiger partial charge in [-0.1, -0.05) is 0 Å². The first-order valence-corrected chi connectivity index (χ1v) is 3.52. The van der Waals surface area contributed by atoms with Crippen molar-refractivity contribution in [2.75, 3.05) is 0 Å². The van der Waals surface area contributed by atoms with Gasteiger partial charge in [0.05, 0.1) is 0 Å². The highest BCUT2D eigenvalue weighted by Crippen LogP contribution is 2.27. The summed E-state index contributed by atoms with van der Waals surface area (Å²) in [7, 11) is 0. The van der Waals surface area contributed by atoms with Gasteiger partial charge in [0.25, 0.3) is 0 Å². The van der Waals surface area contributed by atoms with Gasteiger partial charge in [-0.05, 0) is 12.1 Å². The average Bonchev–Trinajstić information content (AvgIpc) is 2.01. The molecule has 0 unspecified atom stereocenters. The maximum absolute atomic E-state index is 12.5. The van der Waals surface area contributed by atoms with Gasteiger partial charge in [0.15, 0.2) is 0 Å². The predicted molar refractivity (Wildman–Crippen MR) is 37.9 cm³/mol. The van der Waals surface area contributed by atoms with Gasteiger partial charge in [-0.25, -0.2) is 8.78 Å². The standard InChI is InChI=1S/C8H5F5O/c9-4-5-1-2-6(10)3-7(5)14-8(11,12)13/h1-3H,4H2. The molecule has 6 heteroatoms. The van der Waals surface area contributed by atoms with Crippen LogP contribution in [0, 0.1) is 5.82 Å². The lowest BCUT2D eigenvalue weighted by Gasteiger charge is -2.11. The van der Waals surface area contributed by atoms with Crippen LogP contribution in [0.2, 0.25) is 0 Å². The number of alkyl halides is 4. The minimum absolute atomic E-state index is 0.344. The topological polar surface area (TPSA) is 9.23 Å². The molecule has 1 rings (SSSR count). The molecule has 78 valence electrons. The van der Waals surface area contributed by atoms with Gasteiger partial charge in [0.1, 0.15) is 18.2 Å². The molecule has 0 N–H and O–H groups in total. The molecule has 0 aromatic heterocycles. The van der Waals surface area contributed by atoms with Crippen molar-refractivity contribution in [3.05, 3.63) is 29.6 Å². The van der Waals surface area contributed by atoms with Gasteiger partial charge >= 0.3 is 6.36 Å². The molecule has 0 saturated heterocycles. The zero-order valence-corrected chi connectivity index (χ0v) is 6.74. The molecule has 0 aliphatic carbocycles. The van der Waals surface area contributed by atoms with Crippen LogP contribution >= 0.6 is 0 Å². The Morgan fingerprint density at radius 1 is 1.21 bits per heavy atom. The summed E-state index contributed by atoms with van der Waals surface area (Å²) in [6.07, 6.45) is -4.95. The third-order valence-corrected chi connectivity index (χ3v) is 1.40. The van der Waals surface area contributed by atoms with Crippen molar-refractivity contribution in [3.8, 4) is 5.75 Å². The zero-order valence-electron chi connectivity index (χ0n) is 6.74. The lowest BCUT2D eigenvalue weighted by molar-refractivity contribution is -0.275. The monoisotopic (exact) mass is 212 g/mol. The van der Waals surface area contributed by atoms with Crippen LogP contribution in [0.25, 0.3) is 0 Å². The van der Waals surface area contributed by atoms with E-state index in [4.69, 9.17) is 0 Å². The first kappa shape index (κ1) is 10.7. The minimum Gasteiger partial charge on any atom is -0.405 e. The van der Waals surface area contributed by atoms with Gasteiger partial charge in [-0.3, -0.25) is 0 Å². The lowest BCUT2D eigenvalue weighted by Crippen LogP contribution is -2.18. The zero-order chi connectivity index (χ0) is 10.8. The fourth-order valence-corrected chi connectivity index (χ4v) is 0.858. The summed E-state index contributed by atoms with van der Waals surface area (Å²) in [4.78, 5) is 0. The van der Waals surface area contributed by atoms with E-state index >= 15 is 0 Å². The van der Waals surface area contributed by atoms with E-state index in [0.29, 0.717) is 6.07 Å². The van der Waals surface area contributed by atoms with Crippen LogP contribution in [-0.4, -0.2) is 6.36 Å². The Morgan fingerprint density at radius 3 is 2.36 bits per heavy atom. The van der Waals surface area contributed by atoms with Gasteiger partial charge in [0.2, 0.25) is 0 Å². The normalized spacial score (nSPS) is 11.5. The Labute approximate surface area is 76.1 Å². The highest BCUT2D eigenvalue weighted by atomic mass is 19.4. The van der Waals surface area contributed by atoms with E-state index in [2.05, 4.69) is 4.74 Å². The Bertz CT molecular complexity index is 320. The minimum atomic E-state index is -4.95. The second kappa shape index (κ2) is 3.81. The van der Waals surface area contributed by atoms with Crippen molar-refractivity contribution in [1.82, 2.24) is 0 Å². The average molecular weight is 212 g/mol. The SMILES string of the molecule is FCc1ccc(F)cc1OC(F)(F)F. The van der Waals surface area contributed by atoms with Crippen LogP contribution in [0.4, 0.5) is 22.0 Å². The summed E-state index contributed by atoms with van der Waals surface area (Å²) >= 11 is 0. The molecule has 0 aliphatic heterocycles. The summed E-state index contributed by atoms with van der Waals surface area (Å²) in [5, 5.41) is 0. The van der Waals surface area contributed by atoms with Crippen molar-refractivity contribution < 1.29 is 26.7 Å². The molecule has 0 spiro atoms. The number of rotatable bonds is 2. The third kappa shape index (κ3) is 2.86. The number of hydrogen-bond acceptors (Lipinski definition) is 1. The molecular weight excluding hydrogens is 207 g/mol. The van der Waals surface area contributed by atoms with E-state index in [1.54, 1.807) is 0 Å². The molecule has 0 aliphatic rings. The van der Waals surface area contributed by atoms with E-state index in [1.165, 1.54) is 0 Å². The van der Waals surface area contributed by atoms with Crippen LogP contribution in [-0.2, 0) is 6.67 Å². The van der Waals surface area contributed by atoms with Crippen molar-refractivity contribution in [3.63, 3.8) is 0 Å². The smallest absolute Gasteiger partial charge is 0.405 e. The van der Waals surface area contributed by atoms with Gasteiger partial charge in [-0.15, -0.1) is 13.2 Å². The number of halogens is 5. The van der Waals surface area contributed by atoms with Crippen LogP contribution in [0.1, 0.15) is 5.56 Å². The number of hydrogen-bond donors (Lipinski definition) is 0. The summed E-state index contributed by atoms with van der Waals surface area (Å²) < 4.78 is 63.2. The first-order valence-electron chi connectivity index (χ1n) is 3.52. The molecule has 0 atom stereocenters. The Kier molecular flexibility index (Phi) is 2.93. The Hall–Kier alpha value is -1.33. The van der Waals surface area contributed by atoms with Crippen molar-refractivity contribution in [2.24, 2.45) is 0 Å². The largest absolute Gasteiger partial charge is 0.573 e. The first-order chi connectivity index (χ1) is 6.42. The molecule has 0 heterocycles. The van der Waals surface area contributed by atoms with E-state index in [0.717, 1.165) is 12.1 Å². The van der Waals surface area contributed by atoms with Gasteiger partial charge in [0, 0.05) is 11.6 Å². The maximum Gasteiger partial charge on any atom is 0.573 e. The Morgan fingerprint density at radius 2 is 1.86 bits per heavy atom. The van der Waals surface area contributed by atoms with E-state index in [1.807, 2.05) is 0 Å². The summed E-state index contributed by atoms with van der Waals surface area (Å²) in [6, 6.07) is 2.25. The molecule has 0 fully saturated rings. The van der Waals surface area contributed by atoms with Crippen molar-refractivity contribution >= 4 is 0 Å². The molecule has 0 amide bonds. The fraction of sp³-hybridized carbons (Fsp3) is 0.250. The fourth-order valence-electron chi connectivity index (χ4n) is 0.858. The molecule has 1 aromatic carbocycles. The second-order valence-electron chi connectivity index (χ2n) is 2.43. The van der Waals surface area contributed by atoms with E-state index < -0.39 is 24.6 Å². The molecular formula is C8H5F5O. The van der Waals surface area contributed by atoms with Crippen molar-refractivity contribution in [2.45, 2.75) is 13.0 Å². The lowest BCUT2D eigenvalue weighted by atomic mass is 10.2. The van der Waals surface area contributed by atoms with Crippen LogP contribution in [0.5, 0.6) is 5.75 Å². The summed E-state index contributed by atoms with van der Waals surface area (Å²) in [6.45, 7) is -1.15. The van der Waals surface area contributed by atoms with Crippen LogP contribution < -0.4 is 4.74 Å². The highest BCUT2D eigenvalue weighted by Gasteiger charge is 2.32. The predicted octanol–water partition coefficient (Wildman–Crippen LogP) is 3.19. The highest BCUT2D eigenvalue weighted by molar-refractivity contribution is 5.33. The molecule has 0 bridgehead atoms. The Balaban J connectivity index is 2.99. The molecule has 14 heavy (non-hydrogen) atoms. The maximum atomic E-state index is 12.5. The molecule has 1 nitrogen and oxygen atoms in total. The molecule has 0 saturated carbocycles. The second-order valence-corrected chi connectivity index (χ2v) is 2.43. The summed E-state index contributed by atoms with van der Waals surface area (Å²) in [5.41, 5.74) is -0.344. The van der Waals surface area contributed by atoms with Crippen LogP contribution in [0.15, 0.2) is 18.2 Å². The van der Waals surface area contributed by atoms with Crippen molar-refractivity contribution in [1.29, 1.82) is 0 Å². The number of benzene rings is 1. The van der Waals surface area contributed by atoms with E-state index in [-0.39, 0.29) is 5.56 Å². The van der Waals surface area contributed by atoms with Crippen LogP contribution in [0.3, 0.4) is 0 Å². The third-order valence-electron chi connectivity index (χ3n) is 1.40.